The molecule has 1 heterocycles. The maximum atomic E-state index is 11.8. The first-order valence-corrected chi connectivity index (χ1v) is 6.59. The van der Waals surface area contributed by atoms with Gasteiger partial charge in [-0.2, -0.15) is 0 Å². The van der Waals surface area contributed by atoms with Crippen LogP contribution in [0.25, 0.3) is 0 Å². The first-order chi connectivity index (χ1) is 8.66. The van der Waals surface area contributed by atoms with Crippen LogP contribution in [0.2, 0.25) is 0 Å². The van der Waals surface area contributed by atoms with Gasteiger partial charge < -0.3 is 0 Å². The predicted molar refractivity (Wildman–Crippen MR) is 68.1 cm³/mol. The Bertz CT molecular complexity index is 509. The normalized spacial score (nSPS) is 31.1. The second-order valence-electron chi connectivity index (χ2n) is 5.44. The van der Waals surface area contributed by atoms with Crippen molar-refractivity contribution in [3.8, 4) is 0 Å². The SMILES string of the molecule is CC1CCC(C2CC(=O)NC2=O)c2ccccc21. The minimum Gasteiger partial charge on any atom is -0.296 e. The van der Waals surface area contributed by atoms with Gasteiger partial charge in [0.15, 0.2) is 0 Å². The summed E-state index contributed by atoms with van der Waals surface area (Å²) in [5.74, 6) is 0.392. The molecule has 0 radical (unpaired) electrons. The van der Waals surface area contributed by atoms with Gasteiger partial charge in [0.05, 0.1) is 5.92 Å². The Labute approximate surface area is 107 Å². The lowest BCUT2D eigenvalue weighted by Gasteiger charge is -2.32. The third kappa shape index (κ3) is 1.74. The highest BCUT2D eigenvalue weighted by atomic mass is 16.2. The number of carbonyl (C=O) groups is 2. The summed E-state index contributed by atoms with van der Waals surface area (Å²) < 4.78 is 0. The van der Waals surface area contributed by atoms with Gasteiger partial charge in [0.2, 0.25) is 11.8 Å². The summed E-state index contributed by atoms with van der Waals surface area (Å²) >= 11 is 0. The van der Waals surface area contributed by atoms with Crippen LogP contribution in [0.5, 0.6) is 0 Å². The number of imide groups is 1. The van der Waals surface area contributed by atoms with Crippen LogP contribution < -0.4 is 5.32 Å². The number of carbonyl (C=O) groups excluding carboxylic acids is 2. The van der Waals surface area contributed by atoms with Crippen molar-refractivity contribution in [1.29, 1.82) is 0 Å². The molecule has 3 unspecified atom stereocenters. The Hall–Kier alpha value is -1.64. The van der Waals surface area contributed by atoms with Crippen LogP contribution >= 0.6 is 0 Å². The summed E-state index contributed by atoms with van der Waals surface area (Å²) in [6.07, 6.45) is 2.45. The third-order valence-corrected chi connectivity index (χ3v) is 4.33. The monoisotopic (exact) mass is 243 g/mol. The molecule has 1 aliphatic heterocycles. The molecule has 94 valence electrons. The Kier molecular flexibility index (Phi) is 2.69. The topological polar surface area (TPSA) is 46.2 Å². The van der Waals surface area contributed by atoms with Gasteiger partial charge in [0.1, 0.15) is 0 Å². The van der Waals surface area contributed by atoms with Crippen LogP contribution in [0.1, 0.15) is 49.1 Å². The molecule has 1 aromatic rings. The summed E-state index contributed by atoms with van der Waals surface area (Å²) in [5, 5.41) is 2.43. The molecule has 0 spiro atoms. The zero-order valence-corrected chi connectivity index (χ0v) is 10.5. The highest BCUT2D eigenvalue weighted by Gasteiger charge is 2.39. The van der Waals surface area contributed by atoms with E-state index in [1.54, 1.807) is 0 Å². The van der Waals surface area contributed by atoms with Crippen molar-refractivity contribution in [2.24, 2.45) is 5.92 Å². The smallest absolute Gasteiger partial charge is 0.230 e. The van der Waals surface area contributed by atoms with Gasteiger partial charge in [-0.1, -0.05) is 31.2 Å². The van der Waals surface area contributed by atoms with Gasteiger partial charge >= 0.3 is 0 Å². The predicted octanol–water partition coefficient (Wildman–Crippen LogP) is 2.33. The van der Waals surface area contributed by atoms with Crippen LogP contribution in [0.3, 0.4) is 0 Å². The van der Waals surface area contributed by atoms with E-state index in [4.69, 9.17) is 0 Å². The van der Waals surface area contributed by atoms with Crippen LogP contribution in [0.15, 0.2) is 24.3 Å². The van der Waals surface area contributed by atoms with Crippen LogP contribution in [-0.4, -0.2) is 11.8 Å². The van der Waals surface area contributed by atoms with E-state index in [-0.39, 0.29) is 23.7 Å². The van der Waals surface area contributed by atoms with Crippen LogP contribution in [0, 0.1) is 5.92 Å². The van der Waals surface area contributed by atoms with Gasteiger partial charge in [-0.3, -0.25) is 14.9 Å². The first kappa shape index (κ1) is 11.5. The number of hydrogen-bond donors (Lipinski definition) is 1. The molecular formula is C15H17NO2. The van der Waals surface area contributed by atoms with Crippen molar-refractivity contribution in [3.05, 3.63) is 35.4 Å². The van der Waals surface area contributed by atoms with E-state index in [1.165, 1.54) is 11.1 Å². The molecule has 1 aromatic carbocycles. The van der Waals surface area contributed by atoms with E-state index < -0.39 is 0 Å². The van der Waals surface area contributed by atoms with Crippen molar-refractivity contribution in [3.63, 3.8) is 0 Å². The summed E-state index contributed by atoms with van der Waals surface area (Å²) in [5.41, 5.74) is 2.62. The van der Waals surface area contributed by atoms with E-state index in [2.05, 4.69) is 30.4 Å². The van der Waals surface area contributed by atoms with Crippen LogP contribution in [0.4, 0.5) is 0 Å². The van der Waals surface area contributed by atoms with E-state index in [9.17, 15) is 9.59 Å². The number of hydrogen-bond acceptors (Lipinski definition) is 2. The van der Waals surface area contributed by atoms with Crippen molar-refractivity contribution < 1.29 is 9.59 Å². The largest absolute Gasteiger partial charge is 0.296 e. The fourth-order valence-electron chi connectivity index (χ4n) is 3.35. The van der Waals surface area contributed by atoms with Gasteiger partial charge in [-0.05, 0) is 35.8 Å². The maximum absolute atomic E-state index is 11.8. The molecule has 3 atom stereocenters. The molecule has 1 N–H and O–H groups in total. The fourth-order valence-corrected chi connectivity index (χ4v) is 3.35. The molecule has 3 heteroatoms. The molecule has 3 nitrogen and oxygen atoms in total. The van der Waals surface area contributed by atoms with Crippen LogP contribution in [-0.2, 0) is 9.59 Å². The summed E-state index contributed by atoms with van der Waals surface area (Å²) in [4.78, 5) is 23.2. The van der Waals surface area contributed by atoms with Gasteiger partial charge in [0.25, 0.3) is 0 Å². The average Bonchev–Trinajstić information content (AvgIpc) is 2.69. The Balaban J connectivity index is 1.97. The lowest BCUT2D eigenvalue weighted by atomic mass is 9.72. The standard InChI is InChI=1S/C15H17NO2/c1-9-6-7-12(11-5-3-2-4-10(9)11)13-8-14(17)16-15(13)18/h2-5,9,12-13H,6-8H2,1H3,(H,16,17,18). The third-order valence-electron chi connectivity index (χ3n) is 4.33. The highest BCUT2D eigenvalue weighted by Crippen LogP contribution is 2.43. The maximum Gasteiger partial charge on any atom is 0.230 e. The molecule has 0 aromatic heterocycles. The van der Waals surface area contributed by atoms with E-state index in [1.807, 2.05) is 6.07 Å². The van der Waals surface area contributed by atoms with Crippen molar-refractivity contribution in [1.82, 2.24) is 5.32 Å². The van der Waals surface area contributed by atoms with E-state index in [0.29, 0.717) is 12.3 Å². The van der Waals surface area contributed by atoms with E-state index in [0.717, 1.165) is 12.8 Å². The lowest BCUT2D eigenvalue weighted by molar-refractivity contribution is -0.126. The molecule has 1 saturated heterocycles. The van der Waals surface area contributed by atoms with Crippen molar-refractivity contribution >= 4 is 11.8 Å². The molecule has 3 rings (SSSR count). The fraction of sp³-hybridized carbons (Fsp3) is 0.467. The summed E-state index contributed by atoms with van der Waals surface area (Å²) in [6, 6.07) is 8.35. The molecular weight excluding hydrogens is 226 g/mol. The quantitative estimate of drug-likeness (QED) is 0.769. The second kappa shape index (κ2) is 4.23. The summed E-state index contributed by atoms with van der Waals surface area (Å²) in [6.45, 7) is 2.23. The van der Waals surface area contributed by atoms with Gasteiger partial charge in [-0.25, -0.2) is 0 Å². The lowest BCUT2D eigenvalue weighted by Crippen LogP contribution is -2.27. The van der Waals surface area contributed by atoms with E-state index >= 15 is 0 Å². The Morgan fingerprint density at radius 3 is 2.44 bits per heavy atom. The number of rotatable bonds is 1. The minimum atomic E-state index is -0.161. The second-order valence-corrected chi connectivity index (χ2v) is 5.44. The van der Waals surface area contributed by atoms with Gasteiger partial charge in [-0.15, -0.1) is 0 Å². The van der Waals surface area contributed by atoms with Crippen molar-refractivity contribution in [2.75, 3.05) is 0 Å². The number of amides is 2. The summed E-state index contributed by atoms with van der Waals surface area (Å²) in [7, 11) is 0. The molecule has 1 fully saturated rings. The molecule has 0 saturated carbocycles. The molecule has 2 amide bonds. The molecule has 18 heavy (non-hydrogen) atoms. The zero-order valence-electron chi connectivity index (χ0n) is 10.5. The zero-order chi connectivity index (χ0) is 12.7. The molecule has 2 aliphatic rings. The average molecular weight is 243 g/mol. The Morgan fingerprint density at radius 1 is 1.06 bits per heavy atom. The van der Waals surface area contributed by atoms with Gasteiger partial charge in [0, 0.05) is 6.42 Å². The van der Waals surface area contributed by atoms with Crippen molar-refractivity contribution in [2.45, 2.75) is 38.0 Å². The number of benzene rings is 1. The molecule has 1 aliphatic carbocycles. The highest BCUT2D eigenvalue weighted by molar-refractivity contribution is 6.03. The number of nitrogens with one attached hydrogen (secondary N) is 1. The first-order valence-electron chi connectivity index (χ1n) is 6.59. The number of fused-ring (bicyclic) bond motifs is 1. The minimum absolute atomic E-state index is 0.0886. The Morgan fingerprint density at radius 2 is 1.78 bits per heavy atom. The molecule has 0 bridgehead atoms.